The number of benzene rings is 1. The average molecular weight is 305 g/mol. The zero-order valence-corrected chi connectivity index (χ0v) is 14.1. The fourth-order valence-electron chi connectivity index (χ4n) is 2.66. The van der Waals surface area contributed by atoms with Crippen LogP contribution in [-0.4, -0.2) is 28.1 Å². The van der Waals surface area contributed by atoms with Gasteiger partial charge in [0.15, 0.2) is 0 Å². The molecule has 0 radical (unpaired) electrons. The van der Waals surface area contributed by atoms with Crippen LogP contribution in [0.1, 0.15) is 38.4 Å². The fraction of sp³-hybridized carbons (Fsp3) is 0.588. The van der Waals surface area contributed by atoms with Crippen LogP contribution in [-0.2, 0) is 13.1 Å². The van der Waals surface area contributed by atoms with Crippen molar-refractivity contribution in [1.82, 2.24) is 14.9 Å². The van der Waals surface area contributed by atoms with Crippen LogP contribution in [0.2, 0.25) is 0 Å². The van der Waals surface area contributed by atoms with Gasteiger partial charge in [0.2, 0.25) is 0 Å². The molecule has 0 bridgehead atoms. The molecule has 1 N–H and O–H groups in total. The number of para-hydroxylation sites is 2. The summed E-state index contributed by atoms with van der Waals surface area (Å²) in [5, 5.41) is 3.54. The monoisotopic (exact) mass is 305 g/mol. The smallest absolute Gasteiger partial charge is 0.123 e. The summed E-state index contributed by atoms with van der Waals surface area (Å²) >= 11 is 1.95. The van der Waals surface area contributed by atoms with Crippen LogP contribution in [0.5, 0.6) is 0 Å². The first-order valence-corrected chi connectivity index (χ1v) is 9.40. The van der Waals surface area contributed by atoms with E-state index in [9.17, 15) is 0 Å². The molecular formula is C17H27N3S. The number of unbranched alkanes of at least 4 members (excludes halogenated alkanes) is 3. The highest BCUT2D eigenvalue weighted by molar-refractivity contribution is 7.98. The zero-order chi connectivity index (χ0) is 14.9. The highest BCUT2D eigenvalue weighted by Gasteiger charge is 2.07. The maximum atomic E-state index is 4.74. The van der Waals surface area contributed by atoms with E-state index in [-0.39, 0.29) is 0 Å². The van der Waals surface area contributed by atoms with Crippen LogP contribution >= 0.6 is 11.8 Å². The van der Waals surface area contributed by atoms with Gasteiger partial charge >= 0.3 is 0 Å². The molecule has 0 saturated heterocycles. The van der Waals surface area contributed by atoms with E-state index in [0.717, 1.165) is 31.0 Å². The maximum absolute atomic E-state index is 4.74. The quantitative estimate of drug-likeness (QED) is 0.671. The van der Waals surface area contributed by atoms with E-state index in [0.29, 0.717) is 0 Å². The number of hydrogen-bond donors (Lipinski definition) is 1. The van der Waals surface area contributed by atoms with E-state index in [4.69, 9.17) is 4.98 Å². The third kappa shape index (κ3) is 4.75. The number of fused-ring (bicyclic) bond motifs is 1. The fourth-order valence-corrected chi connectivity index (χ4v) is 3.16. The normalized spacial score (nSPS) is 11.3. The Kier molecular flexibility index (Phi) is 7.10. The molecular weight excluding hydrogens is 278 g/mol. The van der Waals surface area contributed by atoms with Gasteiger partial charge < -0.3 is 9.88 Å². The van der Waals surface area contributed by atoms with Gasteiger partial charge in [-0.05, 0) is 50.5 Å². The lowest BCUT2D eigenvalue weighted by atomic mass is 10.2. The minimum absolute atomic E-state index is 0.868. The van der Waals surface area contributed by atoms with Crippen molar-refractivity contribution in [2.75, 3.05) is 18.6 Å². The molecule has 0 atom stereocenters. The van der Waals surface area contributed by atoms with Crippen molar-refractivity contribution in [2.45, 2.75) is 45.7 Å². The number of aryl methyl sites for hydroxylation is 1. The lowest BCUT2D eigenvalue weighted by Gasteiger charge is -2.07. The molecule has 4 heteroatoms. The van der Waals surface area contributed by atoms with E-state index in [1.807, 2.05) is 11.8 Å². The molecule has 0 aliphatic rings. The highest BCUT2D eigenvalue weighted by atomic mass is 32.2. The SMILES string of the molecule is CCn1c(CNCCCCCCSC)nc2ccccc21. The first-order valence-electron chi connectivity index (χ1n) is 8.00. The molecule has 116 valence electrons. The Morgan fingerprint density at radius 1 is 1.14 bits per heavy atom. The third-order valence-corrected chi connectivity index (χ3v) is 4.48. The van der Waals surface area contributed by atoms with Gasteiger partial charge in [0.05, 0.1) is 17.6 Å². The van der Waals surface area contributed by atoms with Gasteiger partial charge in [0.1, 0.15) is 5.82 Å². The molecule has 0 aliphatic carbocycles. The molecule has 2 rings (SSSR count). The average Bonchev–Trinajstić information content (AvgIpc) is 2.87. The van der Waals surface area contributed by atoms with Gasteiger partial charge in [-0.15, -0.1) is 0 Å². The molecule has 1 aromatic heterocycles. The Morgan fingerprint density at radius 2 is 1.95 bits per heavy atom. The van der Waals surface area contributed by atoms with Crippen LogP contribution in [0.25, 0.3) is 11.0 Å². The molecule has 3 nitrogen and oxygen atoms in total. The molecule has 0 spiro atoms. The van der Waals surface area contributed by atoms with Crippen LogP contribution in [0, 0.1) is 0 Å². The summed E-state index contributed by atoms with van der Waals surface area (Å²) in [6.45, 7) is 5.12. The van der Waals surface area contributed by atoms with Gasteiger partial charge in [-0.3, -0.25) is 0 Å². The predicted octanol–water partition coefficient (Wildman–Crippen LogP) is 4.07. The molecule has 0 saturated carbocycles. The second kappa shape index (κ2) is 9.11. The Balaban J connectivity index is 1.76. The van der Waals surface area contributed by atoms with Crippen molar-refractivity contribution < 1.29 is 0 Å². The highest BCUT2D eigenvalue weighted by Crippen LogP contribution is 2.15. The van der Waals surface area contributed by atoms with Gasteiger partial charge in [0, 0.05) is 6.54 Å². The summed E-state index contributed by atoms with van der Waals surface area (Å²) in [5.74, 6) is 2.45. The van der Waals surface area contributed by atoms with Crippen molar-refractivity contribution in [1.29, 1.82) is 0 Å². The van der Waals surface area contributed by atoms with Crippen molar-refractivity contribution in [3.8, 4) is 0 Å². The van der Waals surface area contributed by atoms with Crippen LogP contribution in [0.4, 0.5) is 0 Å². The lowest BCUT2D eigenvalue weighted by molar-refractivity contribution is 0.574. The van der Waals surface area contributed by atoms with E-state index in [1.165, 1.54) is 37.0 Å². The van der Waals surface area contributed by atoms with E-state index < -0.39 is 0 Å². The summed E-state index contributed by atoms with van der Waals surface area (Å²) in [7, 11) is 0. The minimum atomic E-state index is 0.868. The summed E-state index contributed by atoms with van der Waals surface area (Å²) in [5.41, 5.74) is 2.35. The molecule has 2 aromatic rings. The molecule has 0 amide bonds. The Morgan fingerprint density at radius 3 is 2.76 bits per heavy atom. The molecule has 1 heterocycles. The van der Waals surface area contributed by atoms with Crippen molar-refractivity contribution >= 4 is 22.8 Å². The number of thioether (sulfide) groups is 1. The largest absolute Gasteiger partial charge is 0.327 e. The molecule has 1 aromatic carbocycles. The zero-order valence-electron chi connectivity index (χ0n) is 13.3. The molecule has 21 heavy (non-hydrogen) atoms. The van der Waals surface area contributed by atoms with E-state index in [2.05, 4.69) is 47.3 Å². The van der Waals surface area contributed by atoms with Gasteiger partial charge in [-0.2, -0.15) is 11.8 Å². The van der Waals surface area contributed by atoms with Crippen LogP contribution in [0.3, 0.4) is 0 Å². The predicted molar refractivity (Wildman–Crippen MR) is 94.0 cm³/mol. The first kappa shape index (κ1) is 16.4. The van der Waals surface area contributed by atoms with E-state index in [1.54, 1.807) is 0 Å². The number of hydrogen-bond acceptors (Lipinski definition) is 3. The summed E-state index contributed by atoms with van der Waals surface area (Å²) in [6.07, 6.45) is 7.49. The van der Waals surface area contributed by atoms with E-state index >= 15 is 0 Å². The Hall–Kier alpha value is -1.00. The first-order chi connectivity index (χ1) is 10.4. The van der Waals surface area contributed by atoms with Crippen LogP contribution < -0.4 is 5.32 Å². The standard InChI is InChI=1S/C17H27N3S/c1-3-20-16-11-7-6-10-15(16)19-17(20)14-18-12-8-4-5-9-13-21-2/h6-7,10-11,18H,3-5,8-9,12-14H2,1-2H3. The number of rotatable bonds is 10. The van der Waals surface area contributed by atoms with Gasteiger partial charge in [-0.1, -0.05) is 25.0 Å². The minimum Gasteiger partial charge on any atom is -0.327 e. The number of nitrogens with one attached hydrogen (secondary N) is 1. The summed E-state index contributed by atoms with van der Waals surface area (Å²) < 4.78 is 2.31. The second-order valence-electron chi connectivity index (χ2n) is 5.34. The molecule has 0 unspecified atom stereocenters. The number of nitrogens with zero attached hydrogens (tertiary/aromatic N) is 2. The van der Waals surface area contributed by atoms with Gasteiger partial charge in [-0.25, -0.2) is 4.98 Å². The molecule has 0 aliphatic heterocycles. The maximum Gasteiger partial charge on any atom is 0.123 e. The Labute approximate surface area is 132 Å². The Bertz CT molecular complexity index is 536. The van der Waals surface area contributed by atoms with Crippen LogP contribution in [0.15, 0.2) is 24.3 Å². The van der Waals surface area contributed by atoms with Gasteiger partial charge in [0.25, 0.3) is 0 Å². The summed E-state index contributed by atoms with van der Waals surface area (Å²) in [6, 6.07) is 8.39. The van der Waals surface area contributed by atoms with Crippen molar-refractivity contribution in [2.24, 2.45) is 0 Å². The topological polar surface area (TPSA) is 29.9 Å². The second-order valence-corrected chi connectivity index (χ2v) is 6.33. The summed E-state index contributed by atoms with van der Waals surface area (Å²) in [4.78, 5) is 4.74. The third-order valence-electron chi connectivity index (χ3n) is 3.78. The van der Waals surface area contributed by atoms with Crippen molar-refractivity contribution in [3.05, 3.63) is 30.1 Å². The lowest BCUT2D eigenvalue weighted by Crippen LogP contribution is -2.18. The molecule has 0 fully saturated rings. The van der Waals surface area contributed by atoms with Crippen molar-refractivity contribution in [3.63, 3.8) is 0 Å². The number of imidazole rings is 1. The number of aromatic nitrogens is 2.